The van der Waals surface area contributed by atoms with Crippen molar-refractivity contribution in [3.05, 3.63) is 75.8 Å². The Hall–Kier alpha value is -2.42. The number of pyridine rings is 1. The summed E-state index contributed by atoms with van der Waals surface area (Å²) in [4.78, 5) is 19.7. The van der Waals surface area contributed by atoms with Gasteiger partial charge < -0.3 is 4.98 Å². The molecule has 1 aliphatic rings. The molecule has 0 atom stereocenters. The van der Waals surface area contributed by atoms with Crippen LogP contribution in [-0.2, 0) is 27.9 Å². The molecule has 2 heterocycles. The van der Waals surface area contributed by atoms with E-state index in [-0.39, 0.29) is 18.7 Å². The van der Waals surface area contributed by atoms with Crippen molar-refractivity contribution in [3.8, 4) is 0 Å². The largest absolute Gasteiger partial charge is 0.324 e. The third-order valence-electron chi connectivity index (χ3n) is 4.81. The SMILES string of the molecule is CCCCc1ccc(S(=O)(=O)N2CC=C(NOCc3cccc(=O)[nH]3)CC2)cc1. The summed E-state index contributed by atoms with van der Waals surface area (Å²) in [5.41, 5.74) is 5.31. The van der Waals surface area contributed by atoms with Crippen LogP contribution < -0.4 is 11.0 Å². The number of H-pyrrole nitrogens is 1. The van der Waals surface area contributed by atoms with E-state index in [4.69, 9.17) is 4.84 Å². The minimum absolute atomic E-state index is 0.178. The number of nitrogens with one attached hydrogen (secondary N) is 2. The molecule has 8 heteroatoms. The van der Waals surface area contributed by atoms with Gasteiger partial charge in [-0.15, -0.1) is 0 Å². The summed E-state index contributed by atoms with van der Waals surface area (Å²) in [6.45, 7) is 3.01. The fraction of sp³-hybridized carbons (Fsp3) is 0.381. The smallest absolute Gasteiger partial charge is 0.248 e. The van der Waals surface area contributed by atoms with E-state index < -0.39 is 10.0 Å². The molecule has 0 radical (unpaired) electrons. The van der Waals surface area contributed by atoms with E-state index in [9.17, 15) is 13.2 Å². The zero-order valence-corrected chi connectivity index (χ0v) is 17.4. The Morgan fingerprint density at radius 3 is 2.62 bits per heavy atom. The van der Waals surface area contributed by atoms with E-state index in [0.717, 1.165) is 30.5 Å². The molecule has 1 aromatic heterocycles. The molecule has 2 N–H and O–H groups in total. The first-order chi connectivity index (χ1) is 14.0. The molecular formula is C21H27N3O4S. The summed E-state index contributed by atoms with van der Waals surface area (Å²) in [6, 6.07) is 12.1. The third-order valence-corrected chi connectivity index (χ3v) is 6.69. The van der Waals surface area contributed by atoms with Crippen molar-refractivity contribution >= 4 is 10.0 Å². The van der Waals surface area contributed by atoms with E-state index in [1.54, 1.807) is 24.3 Å². The normalized spacial score (nSPS) is 15.1. The van der Waals surface area contributed by atoms with Gasteiger partial charge >= 0.3 is 0 Å². The second-order valence-corrected chi connectivity index (χ2v) is 8.96. The Balaban J connectivity index is 1.54. The van der Waals surface area contributed by atoms with Crippen molar-refractivity contribution in [2.45, 2.75) is 44.1 Å². The predicted molar refractivity (Wildman–Crippen MR) is 112 cm³/mol. The highest BCUT2D eigenvalue weighted by molar-refractivity contribution is 7.89. The van der Waals surface area contributed by atoms with Crippen LogP contribution in [-0.4, -0.2) is 30.8 Å². The van der Waals surface area contributed by atoms with Crippen LogP contribution in [0.3, 0.4) is 0 Å². The van der Waals surface area contributed by atoms with Crippen LogP contribution in [0, 0.1) is 0 Å². The van der Waals surface area contributed by atoms with E-state index >= 15 is 0 Å². The molecule has 0 spiro atoms. The lowest BCUT2D eigenvalue weighted by Gasteiger charge is -2.26. The predicted octanol–water partition coefficient (Wildman–Crippen LogP) is 2.72. The molecule has 0 aliphatic carbocycles. The first-order valence-electron chi connectivity index (χ1n) is 9.83. The third kappa shape index (κ3) is 5.79. The number of aromatic amines is 1. The molecule has 1 aromatic carbocycles. The number of hydroxylamine groups is 1. The van der Waals surface area contributed by atoms with E-state index in [2.05, 4.69) is 17.4 Å². The number of hydrogen-bond acceptors (Lipinski definition) is 5. The highest BCUT2D eigenvalue weighted by Crippen LogP contribution is 2.21. The molecule has 3 rings (SSSR count). The van der Waals surface area contributed by atoms with E-state index in [1.807, 2.05) is 18.2 Å². The second kappa shape index (κ2) is 9.87. The Morgan fingerprint density at radius 2 is 1.97 bits per heavy atom. The molecule has 0 unspecified atom stereocenters. The standard InChI is InChI=1S/C21H27N3O4S/c1-2-3-5-17-8-10-20(11-9-17)29(26,27)24-14-12-18(13-15-24)23-28-16-19-6-4-7-21(25)22-19/h4,6-12,23H,2-3,5,13-16H2,1H3,(H,22,25). The molecule has 0 saturated carbocycles. The zero-order valence-electron chi connectivity index (χ0n) is 16.6. The Bertz CT molecular complexity index is 997. The van der Waals surface area contributed by atoms with Gasteiger partial charge in [-0.2, -0.15) is 4.31 Å². The first kappa shape index (κ1) is 21.3. The van der Waals surface area contributed by atoms with Crippen LogP contribution in [0.25, 0.3) is 0 Å². The van der Waals surface area contributed by atoms with Gasteiger partial charge in [0, 0.05) is 37.0 Å². The average Bonchev–Trinajstić information content (AvgIpc) is 2.73. The van der Waals surface area contributed by atoms with Crippen LogP contribution in [0.5, 0.6) is 0 Å². The number of unbranched alkanes of at least 4 members (excludes halogenated alkanes) is 1. The Labute approximate surface area is 171 Å². The summed E-state index contributed by atoms with van der Waals surface area (Å²) in [7, 11) is -3.51. The van der Waals surface area contributed by atoms with E-state index in [1.165, 1.54) is 10.4 Å². The molecule has 0 fully saturated rings. The van der Waals surface area contributed by atoms with Gasteiger partial charge in [0.1, 0.15) is 6.61 Å². The average molecular weight is 418 g/mol. The lowest BCUT2D eigenvalue weighted by Crippen LogP contribution is -2.36. The lowest BCUT2D eigenvalue weighted by atomic mass is 10.1. The number of hydrogen-bond donors (Lipinski definition) is 2. The molecule has 0 amide bonds. The maximum atomic E-state index is 12.9. The zero-order chi connectivity index (χ0) is 20.7. The van der Waals surface area contributed by atoms with Crippen LogP contribution >= 0.6 is 0 Å². The number of sulfonamides is 1. The topological polar surface area (TPSA) is 91.5 Å². The minimum atomic E-state index is -3.51. The van der Waals surface area contributed by atoms with Crippen molar-refractivity contribution in [2.24, 2.45) is 0 Å². The molecule has 1 aliphatic heterocycles. The number of benzene rings is 1. The molecule has 29 heavy (non-hydrogen) atoms. The quantitative estimate of drug-likeness (QED) is 0.612. The van der Waals surface area contributed by atoms with Gasteiger partial charge in [-0.05, 0) is 42.7 Å². The van der Waals surface area contributed by atoms with Crippen molar-refractivity contribution < 1.29 is 13.3 Å². The fourth-order valence-electron chi connectivity index (χ4n) is 3.10. The van der Waals surface area contributed by atoms with Gasteiger partial charge in [-0.1, -0.05) is 31.5 Å². The molecule has 2 aromatic rings. The minimum Gasteiger partial charge on any atom is -0.324 e. The van der Waals surface area contributed by atoms with Crippen LogP contribution in [0.1, 0.15) is 37.4 Å². The summed E-state index contributed by atoms with van der Waals surface area (Å²) in [5, 5.41) is 0. The van der Waals surface area contributed by atoms with Gasteiger partial charge in [0.25, 0.3) is 0 Å². The molecule has 0 saturated heterocycles. The maximum Gasteiger partial charge on any atom is 0.248 e. The van der Waals surface area contributed by atoms with Gasteiger partial charge in [-0.25, -0.2) is 8.42 Å². The second-order valence-electron chi connectivity index (χ2n) is 7.02. The van der Waals surface area contributed by atoms with Gasteiger partial charge in [0.05, 0.1) is 4.90 Å². The van der Waals surface area contributed by atoms with Crippen molar-refractivity contribution in [3.63, 3.8) is 0 Å². The van der Waals surface area contributed by atoms with Crippen molar-refractivity contribution in [1.29, 1.82) is 0 Å². The van der Waals surface area contributed by atoms with Gasteiger partial charge in [0.2, 0.25) is 15.6 Å². The molecule has 7 nitrogen and oxygen atoms in total. The monoisotopic (exact) mass is 417 g/mol. The Morgan fingerprint density at radius 1 is 1.17 bits per heavy atom. The highest BCUT2D eigenvalue weighted by Gasteiger charge is 2.26. The number of aromatic nitrogens is 1. The van der Waals surface area contributed by atoms with Crippen molar-refractivity contribution in [2.75, 3.05) is 13.1 Å². The number of rotatable bonds is 9. The Kier molecular flexibility index (Phi) is 7.24. The lowest BCUT2D eigenvalue weighted by molar-refractivity contribution is 0.0432. The van der Waals surface area contributed by atoms with Crippen molar-refractivity contribution in [1.82, 2.24) is 14.8 Å². The number of nitrogens with zero attached hydrogens (tertiary/aromatic N) is 1. The first-order valence-corrected chi connectivity index (χ1v) is 11.3. The molecular weight excluding hydrogens is 390 g/mol. The summed E-state index contributed by atoms with van der Waals surface area (Å²) < 4.78 is 27.2. The summed E-state index contributed by atoms with van der Waals surface area (Å²) in [5.74, 6) is 0. The maximum absolute atomic E-state index is 12.9. The summed E-state index contributed by atoms with van der Waals surface area (Å²) in [6.07, 6.45) is 5.52. The van der Waals surface area contributed by atoms with Crippen LogP contribution in [0.2, 0.25) is 0 Å². The van der Waals surface area contributed by atoms with Crippen LogP contribution in [0.15, 0.2) is 63.9 Å². The molecule has 0 bridgehead atoms. The van der Waals surface area contributed by atoms with E-state index in [0.29, 0.717) is 23.6 Å². The summed E-state index contributed by atoms with van der Waals surface area (Å²) >= 11 is 0. The molecule has 156 valence electrons. The van der Waals surface area contributed by atoms with Gasteiger partial charge in [-0.3, -0.25) is 15.1 Å². The highest BCUT2D eigenvalue weighted by atomic mass is 32.2. The van der Waals surface area contributed by atoms with Gasteiger partial charge in [0.15, 0.2) is 0 Å². The number of aryl methyl sites for hydroxylation is 1. The fourth-order valence-corrected chi connectivity index (χ4v) is 4.48. The van der Waals surface area contributed by atoms with Crippen LogP contribution in [0.4, 0.5) is 0 Å².